The molecule has 1 fully saturated rings. The standard InChI is InChI=1S/C10H12N4O.ClH/c15-8-2-1-7(3-8)14-6-13-9-4-11-5-12-10(9)14;/h4-8,15H,1-3H2;1H/t7-,8+;/m0./s1. The largest absolute Gasteiger partial charge is 0.393 e. The summed E-state index contributed by atoms with van der Waals surface area (Å²) in [5, 5.41) is 9.50. The van der Waals surface area contributed by atoms with Crippen LogP contribution in [0, 0.1) is 0 Å². The van der Waals surface area contributed by atoms with Crippen molar-refractivity contribution in [1.82, 2.24) is 19.5 Å². The van der Waals surface area contributed by atoms with Crippen LogP contribution in [0.25, 0.3) is 11.2 Å². The minimum atomic E-state index is -0.172. The second kappa shape index (κ2) is 4.35. The van der Waals surface area contributed by atoms with E-state index in [1.165, 1.54) is 6.33 Å². The van der Waals surface area contributed by atoms with Crippen LogP contribution in [0.1, 0.15) is 25.3 Å². The van der Waals surface area contributed by atoms with Crippen LogP contribution in [-0.2, 0) is 0 Å². The molecule has 3 rings (SSSR count). The molecular formula is C10H13ClN4O. The molecule has 0 aliphatic heterocycles. The first kappa shape index (κ1) is 11.3. The van der Waals surface area contributed by atoms with Gasteiger partial charge in [0.05, 0.1) is 18.6 Å². The second-order valence-electron chi connectivity index (χ2n) is 4.00. The monoisotopic (exact) mass is 240 g/mol. The van der Waals surface area contributed by atoms with Gasteiger partial charge in [-0.3, -0.25) is 0 Å². The third-order valence-electron chi connectivity index (χ3n) is 3.01. The summed E-state index contributed by atoms with van der Waals surface area (Å²) in [5.41, 5.74) is 1.68. The molecule has 0 bridgehead atoms. The molecule has 1 aliphatic rings. The lowest BCUT2D eigenvalue weighted by molar-refractivity contribution is 0.178. The first-order valence-corrected chi connectivity index (χ1v) is 5.15. The van der Waals surface area contributed by atoms with Crippen molar-refractivity contribution in [1.29, 1.82) is 0 Å². The molecule has 0 unspecified atom stereocenters. The minimum absolute atomic E-state index is 0. The van der Waals surface area contributed by atoms with Gasteiger partial charge in [0.2, 0.25) is 0 Å². The zero-order chi connectivity index (χ0) is 10.3. The Morgan fingerprint density at radius 1 is 1.31 bits per heavy atom. The van der Waals surface area contributed by atoms with Crippen molar-refractivity contribution in [2.75, 3.05) is 0 Å². The molecule has 0 aromatic carbocycles. The van der Waals surface area contributed by atoms with Crippen molar-refractivity contribution in [3.8, 4) is 0 Å². The first-order valence-electron chi connectivity index (χ1n) is 5.15. The van der Waals surface area contributed by atoms with Gasteiger partial charge in [-0.2, -0.15) is 0 Å². The Bertz CT molecular complexity index is 486. The molecule has 2 heterocycles. The number of hydrogen-bond donors (Lipinski definition) is 1. The van der Waals surface area contributed by atoms with Gasteiger partial charge in [-0.15, -0.1) is 12.4 Å². The maximum Gasteiger partial charge on any atom is 0.163 e. The van der Waals surface area contributed by atoms with E-state index in [2.05, 4.69) is 15.0 Å². The van der Waals surface area contributed by atoms with Gasteiger partial charge in [-0.1, -0.05) is 0 Å². The van der Waals surface area contributed by atoms with Crippen molar-refractivity contribution in [3.63, 3.8) is 0 Å². The second-order valence-corrected chi connectivity index (χ2v) is 4.00. The summed E-state index contributed by atoms with van der Waals surface area (Å²) in [5.74, 6) is 0. The maximum absolute atomic E-state index is 9.50. The highest BCUT2D eigenvalue weighted by atomic mass is 35.5. The van der Waals surface area contributed by atoms with Crippen LogP contribution >= 0.6 is 12.4 Å². The molecule has 2 atom stereocenters. The van der Waals surface area contributed by atoms with Crippen molar-refractivity contribution in [2.45, 2.75) is 31.4 Å². The zero-order valence-corrected chi connectivity index (χ0v) is 9.47. The fourth-order valence-corrected chi connectivity index (χ4v) is 2.24. The van der Waals surface area contributed by atoms with Crippen LogP contribution < -0.4 is 0 Å². The lowest BCUT2D eigenvalue weighted by Gasteiger charge is -2.11. The van der Waals surface area contributed by atoms with Crippen molar-refractivity contribution in [3.05, 3.63) is 18.9 Å². The number of aromatic nitrogens is 4. The molecule has 16 heavy (non-hydrogen) atoms. The van der Waals surface area contributed by atoms with E-state index in [1.54, 1.807) is 12.5 Å². The van der Waals surface area contributed by atoms with Crippen LogP contribution in [0.15, 0.2) is 18.9 Å². The van der Waals surface area contributed by atoms with Crippen LogP contribution in [0.5, 0.6) is 0 Å². The van der Waals surface area contributed by atoms with Crippen LogP contribution in [0.3, 0.4) is 0 Å². The Labute approximate surface area is 99.0 Å². The summed E-state index contributed by atoms with van der Waals surface area (Å²) >= 11 is 0. The summed E-state index contributed by atoms with van der Waals surface area (Å²) in [6.45, 7) is 0. The molecule has 1 aliphatic carbocycles. The van der Waals surface area contributed by atoms with Gasteiger partial charge in [0.1, 0.15) is 11.8 Å². The van der Waals surface area contributed by atoms with E-state index in [0.717, 1.165) is 30.4 Å². The Kier molecular flexibility index (Phi) is 3.07. The number of rotatable bonds is 1. The Hall–Kier alpha value is -1.20. The van der Waals surface area contributed by atoms with Crippen LogP contribution in [-0.4, -0.2) is 30.7 Å². The lowest BCUT2D eigenvalue weighted by Crippen LogP contribution is -2.06. The third kappa shape index (κ3) is 1.76. The summed E-state index contributed by atoms with van der Waals surface area (Å²) < 4.78 is 2.05. The van der Waals surface area contributed by atoms with Crippen LogP contribution in [0.2, 0.25) is 0 Å². The zero-order valence-electron chi connectivity index (χ0n) is 8.65. The summed E-state index contributed by atoms with van der Waals surface area (Å²) in [6.07, 6.45) is 7.54. The molecule has 0 amide bonds. The van der Waals surface area contributed by atoms with E-state index in [1.807, 2.05) is 4.57 Å². The molecule has 0 radical (unpaired) electrons. The number of aliphatic hydroxyl groups excluding tert-OH is 1. The summed E-state index contributed by atoms with van der Waals surface area (Å²) in [4.78, 5) is 12.4. The molecule has 1 N–H and O–H groups in total. The van der Waals surface area contributed by atoms with Gasteiger partial charge in [0, 0.05) is 6.04 Å². The molecule has 6 heteroatoms. The normalized spacial score (nSPS) is 24.6. The highest BCUT2D eigenvalue weighted by Gasteiger charge is 2.25. The quantitative estimate of drug-likeness (QED) is 0.817. The number of nitrogens with zero attached hydrogens (tertiary/aromatic N) is 4. The van der Waals surface area contributed by atoms with E-state index < -0.39 is 0 Å². The fraction of sp³-hybridized carbons (Fsp3) is 0.500. The highest BCUT2D eigenvalue weighted by molar-refractivity contribution is 5.85. The van der Waals surface area contributed by atoms with Gasteiger partial charge in [-0.05, 0) is 19.3 Å². The third-order valence-corrected chi connectivity index (χ3v) is 3.01. The number of halogens is 1. The smallest absolute Gasteiger partial charge is 0.163 e. The Morgan fingerprint density at radius 2 is 2.19 bits per heavy atom. The molecule has 0 saturated heterocycles. The minimum Gasteiger partial charge on any atom is -0.393 e. The number of aliphatic hydroxyl groups is 1. The van der Waals surface area contributed by atoms with Gasteiger partial charge < -0.3 is 9.67 Å². The van der Waals surface area contributed by atoms with Gasteiger partial charge >= 0.3 is 0 Å². The average molecular weight is 241 g/mol. The topological polar surface area (TPSA) is 63.8 Å². The molecule has 86 valence electrons. The highest BCUT2D eigenvalue weighted by Crippen LogP contribution is 2.31. The number of fused-ring (bicyclic) bond motifs is 1. The van der Waals surface area contributed by atoms with Gasteiger partial charge in [0.15, 0.2) is 5.65 Å². The predicted molar refractivity (Wildman–Crippen MR) is 61.5 cm³/mol. The van der Waals surface area contributed by atoms with E-state index >= 15 is 0 Å². The number of hydrogen-bond acceptors (Lipinski definition) is 4. The van der Waals surface area contributed by atoms with E-state index in [9.17, 15) is 5.11 Å². The van der Waals surface area contributed by atoms with Crippen molar-refractivity contribution in [2.24, 2.45) is 0 Å². The van der Waals surface area contributed by atoms with Gasteiger partial charge in [0.25, 0.3) is 0 Å². The van der Waals surface area contributed by atoms with Crippen molar-refractivity contribution < 1.29 is 5.11 Å². The fourth-order valence-electron chi connectivity index (χ4n) is 2.24. The first-order chi connectivity index (χ1) is 7.34. The Morgan fingerprint density at radius 3 is 2.94 bits per heavy atom. The maximum atomic E-state index is 9.50. The Balaban J connectivity index is 0.000000963. The SMILES string of the molecule is Cl.O[C@@H]1CC[C@H](n2cnc3cncnc32)C1. The van der Waals surface area contributed by atoms with Crippen molar-refractivity contribution >= 4 is 23.6 Å². The number of imidazole rings is 1. The molecule has 1 saturated carbocycles. The predicted octanol–water partition coefficient (Wildman–Crippen LogP) is 1.33. The van der Waals surface area contributed by atoms with E-state index in [4.69, 9.17) is 0 Å². The summed E-state index contributed by atoms with van der Waals surface area (Å²) in [6, 6.07) is 0.333. The average Bonchev–Trinajstić information content (AvgIpc) is 2.83. The molecule has 5 nitrogen and oxygen atoms in total. The van der Waals surface area contributed by atoms with E-state index in [-0.39, 0.29) is 18.5 Å². The molecular weight excluding hydrogens is 228 g/mol. The molecule has 2 aromatic rings. The van der Waals surface area contributed by atoms with Crippen LogP contribution in [0.4, 0.5) is 0 Å². The molecule has 2 aromatic heterocycles. The summed E-state index contributed by atoms with van der Waals surface area (Å²) in [7, 11) is 0. The lowest BCUT2D eigenvalue weighted by atomic mass is 10.2. The molecule has 0 spiro atoms. The van der Waals surface area contributed by atoms with E-state index in [0.29, 0.717) is 6.04 Å². The van der Waals surface area contributed by atoms with Gasteiger partial charge in [-0.25, -0.2) is 15.0 Å².